The standard InChI is InChI=1S/C17H18N4O3/c1-4-11-14-13(9-6-5-7-12(22-2)15(9)23-3)10(8-18)16(19)24-17(14)21-20-11/h5-7,10,13,19H,4H2,1-3H3,(H,20,21). The highest BCUT2D eigenvalue weighted by atomic mass is 16.5. The van der Waals surface area contributed by atoms with Crippen molar-refractivity contribution >= 4 is 5.90 Å². The molecule has 0 amide bonds. The molecule has 1 aromatic carbocycles. The molecule has 0 aliphatic carbocycles. The van der Waals surface area contributed by atoms with Crippen LogP contribution in [-0.4, -0.2) is 30.3 Å². The van der Waals surface area contributed by atoms with Crippen molar-refractivity contribution in [3.63, 3.8) is 0 Å². The van der Waals surface area contributed by atoms with Crippen molar-refractivity contribution in [2.24, 2.45) is 5.92 Å². The fourth-order valence-corrected chi connectivity index (χ4v) is 3.15. The molecule has 7 heteroatoms. The van der Waals surface area contributed by atoms with Crippen molar-refractivity contribution < 1.29 is 14.2 Å². The number of fused-ring (bicyclic) bond motifs is 1. The molecule has 2 atom stereocenters. The van der Waals surface area contributed by atoms with Crippen LogP contribution in [0.4, 0.5) is 0 Å². The van der Waals surface area contributed by atoms with Crippen molar-refractivity contribution in [3.8, 4) is 23.4 Å². The lowest BCUT2D eigenvalue weighted by atomic mass is 9.78. The van der Waals surface area contributed by atoms with E-state index in [0.29, 0.717) is 23.8 Å². The van der Waals surface area contributed by atoms with E-state index in [-0.39, 0.29) is 5.90 Å². The van der Waals surface area contributed by atoms with Gasteiger partial charge in [-0.15, -0.1) is 5.10 Å². The first-order valence-electron chi connectivity index (χ1n) is 7.60. The number of methoxy groups -OCH3 is 2. The van der Waals surface area contributed by atoms with E-state index in [0.717, 1.165) is 16.8 Å². The monoisotopic (exact) mass is 326 g/mol. The molecule has 1 aromatic heterocycles. The zero-order valence-corrected chi connectivity index (χ0v) is 13.7. The molecular formula is C17H18N4O3. The number of para-hydroxylation sites is 1. The van der Waals surface area contributed by atoms with E-state index in [9.17, 15) is 5.26 Å². The van der Waals surface area contributed by atoms with Gasteiger partial charge in [-0.2, -0.15) is 5.26 Å². The highest BCUT2D eigenvalue weighted by Gasteiger charge is 2.41. The number of aryl methyl sites for hydroxylation is 1. The van der Waals surface area contributed by atoms with Crippen molar-refractivity contribution in [2.75, 3.05) is 14.2 Å². The van der Waals surface area contributed by atoms with Crippen LogP contribution in [0, 0.1) is 22.7 Å². The van der Waals surface area contributed by atoms with Crippen LogP contribution in [0.3, 0.4) is 0 Å². The maximum absolute atomic E-state index is 9.64. The molecule has 0 saturated heterocycles. The molecule has 0 saturated carbocycles. The number of H-pyrrole nitrogens is 1. The Bertz CT molecular complexity index is 822. The summed E-state index contributed by atoms with van der Waals surface area (Å²) < 4.78 is 16.4. The van der Waals surface area contributed by atoms with Gasteiger partial charge in [0.2, 0.25) is 11.8 Å². The zero-order valence-electron chi connectivity index (χ0n) is 13.7. The predicted octanol–water partition coefficient (Wildman–Crippen LogP) is 2.63. The average molecular weight is 326 g/mol. The van der Waals surface area contributed by atoms with Crippen LogP contribution in [0.1, 0.15) is 29.7 Å². The molecule has 1 aliphatic rings. The minimum Gasteiger partial charge on any atom is -0.493 e. The fraction of sp³-hybridized carbons (Fsp3) is 0.353. The molecule has 3 rings (SSSR count). The summed E-state index contributed by atoms with van der Waals surface area (Å²) >= 11 is 0. The zero-order chi connectivity index (χ0) is 17.3. The Morgan fingerprint density at radius 2 is 2.17 bits per heavy atom. The Morgan fingerprint density at radius 3 is 2.79 bits per heavy atom. The van der Waals surface area contributed by atoms with E-state index >= 15 is 0 Å². The number of ether oxygens (including phenoxy) is 3. The number of hydrogen-bond acceptors (Lipinski definition) is 6. The van der Waals surface area contributed by atoms with E-state index in [1.54, 1.807) is 20.3 Å². The summed E-state index contributed by atoms with van der Waals surface area (Å²) in [4.78, 5) is 0. The van der Waals surface area contributed by atoms with Crippen LogP contribution in [0.5, 0.6) is 17.4 Å². The summed E-state index contributed by atoms with van der Waals surface area (Å²) in [5.41, 5.74) is 2.45. The van der Waals surface area contributed by atoms with Gasteiger partial charge in [0.15, 0.2) is 11.5 Å². The Morgan fingerprint density at radius 1 is 1.38 bits per heavy atom. The Balaban J connectivity index is 2.27. The third kappa shape index (κ3) is 2.27. The fourth-order valence-electron chi connectivity index (χ4n) is 3.15. The van der Waals surface area contributed by atoms with Crippen LogP contribution in [0.2, 0.25) is 0 Å². The van der Waals surface area contributed by atoms with Crippen LogP contribution in [-0.2, 0) is 6.42 Å². The largest absolute Gasteiger partial charge is 0.493 e. The van der Waals surface area contributed by atoms with Gasteiger partial charge in [0.05, 0.1) is 20.3 Å². The van der Waals surface area contributed by atoms with Crippen LogP contribution >= 0.6 is 0 Å². The third-order valence-electron chi connectivity index (χ3n) is 4.24. The van der Waals surface area contributed by atoms with Gasteiger partial charge in [-0.05, 0) is 12.5 Å². The molecular weight excluding hydrogens is 308 g/mol. The molecule has 0 fully saturated rings. The summed E-state index contributed by atoms with van der Waals surface area (Å²) in [5.74, 6) is 0.181. The van der Waals surface area contributed by atoms with E-state index in [1.165, 1.54) is 0 Å². The van der Waals surface area contributed by atoms with Gasteiger partial charge in [0.25, 0.3) is 0 Å². The lowest BCUT2D eigenvalue weighted by Crippen LogP contribution is -2.31. The quantitative estimate of drug-likeness (QED) is 0.899. The number of aromatic nitrogens is 2. The number of nitrogens with zero attached hydrogens (tertiary/aromatic N) is 2. The minimum atomic E-state index is -0.763. The molecule has 24 heavy (non-hydrogen) atoms. The van der Waals surface area contributed by atoms with Crippen LogP contribution < -0.4 is 14.2 Å². The highest BCUT2D eigenvalue weighted by molar-refractivity contribution is 5.85. The SMILES string of the molecule is CCc1[nH]nc2c1C(c1cccc(OC)c1OC)C(C#N)C(=N)O2. The van der Waals surface area contributed by atoms with E-state index < -0.39 is 11.8 Å². The first kappa shape index (κ1) is 15.9. The molecule has 2 N–H and O–H groups in total. The van der Waals surface area contributed by atoms with Gasteiger partial charge in [0.1, 0.15) is 5.92 Å². The molecule has 2 heterocycles. The smallest absolute Gasteiger partial charge is 0.243 e. The third-order valence-corrected chi connectivity index (χ3v) is 4.24. The van der Waals surface area contributed by atoms with Gasteiger partial charge in [-0.3, -0.25) is 10.5 Å². The van der Waals surface area contributed by atoms with E-state index in [2.05, 4.69) is 16.3 Å². The Kier molecular flexibility index (Phi) is 4.13. The number of aromatic amines is 1. The van der Waals surface area contributed by atoms with Crippen molar-refractivity contribution in [1.29, 1.82) is 10.7 Å². The normalized spacial score (nSPS) is 19.2. The van der Waals surface area contributed by atoms with Gasteiger partial charge in [0, 0.05) is 22.7 Å². The molecule has 2 aromatic rings. The van der Waals surface area contributed by atoms with Crippen molar-refractivity contribution in [2.45, 2.75) is 19.3 Å². The van der Waals surface area contributed by atoms with Crippen molar-refractivity contribution in [1.82, 2.24) is 10.2 Å². The molecule has 1 aliphatic heterocycles. The van der Waals surface area contributed by atoms with Gasteiger partial charge in [-0.1, -0.05) is 19.1 Å². The summed E-state index contributed by atoms with van der Waals surface area (Å²) in [6.45, 7) is 2.00. The second-order valence-corrected chi connectivity index (χ2v) is 5.41. The second-order valence-electron chi connectivity index (χ2n) is 5.41. The first-order chi connectivity index (χ1) is 11.7. The summed E-state index contributed by atoms with van der Waals surface area (Å²) in [6.07, 6.45) is 0.708. The molecule has 7 nitrogen and oxygen atoms in total. The van der Waals surface area contributed by atoms with Crippen LogP contribution in [0.25, 0.3) is 0 Å². The van der Waals surface area contributed by atoms with Crippen molar-refractivity contribution in [3.05, 3.63) is 35.0 Å². The number of nitrogens with one attached hydrogen (secondary N) is 2. The lowest BCUT2D eigenvalue weighted by molar-refractivity contribution is 0.347. The minimum absolute atomic E-state index is 0.117. The van der Waals surface area contributed by atoms with Gasteiger partial charge < -0.3 is 14.2 Å². The average Bonchev–Trinajstić information content (AvgIpc) is 3.01. The summed E-state index contributed by atoms with van der Waals surface area (Å²) in [7, 11) is 3.13. The summed E-state index contributed by atoms with van der Waals surface area (Å²) in [5, 5.41) is 24.8. The molecule has 0 radical (unpaired) electrons. The van der Waals surface area contributed by atoms with Gasteiger partial charge in [-0.25, -0.2) is 0 Å². The van der Waals surface area contributed by atoms with Gasteiger partial charge >= 0.3 is 0 Å². The Hall–Kier alpha value is -3.01. The second kappa shape index (κ2) is 6.24. The number of nitriles is 1. The predicted molar refractivity (Wildman–Crippen MR) is 86.8 cm³/mol. The number of benzene rings is 1. The Labute approximate surface area is 139 Å². The maximum Gasteiger partial charge on any atom is 0.243 e. The number of rotatable bonds is 4. The number of hydrogen-bond donors (Lipinski definition) is 2. The maximum atomic E-state index is 9.64. The molecule has 124 valence electrons. The molecule has 0 spiro atoms. The molecule has 2 unspecified atom stereocenters. The molecule has 0 bridgehead atoms. The van der Waals surface area contributed by atoms with E-state index in [1.807, 2.05) is 19.1 Å². The highest BCUT2D eigenvalue weighted by Crippen LogP contribution is 2.47. The first-order valence-corrected chi connectivity index (χ1v) is 7.60. The topological polar surface area (TPSA) is 104 Å². The summed E-state index contributed by atoms with van der Waals surface area (Å²) in [6, 6.07) is 7.71. The lowest BCUT2D eigenvalue weighted by Gasteiger charge is -2.29. The van der Waals surface area contributed by atoms with E-state index in [4.69, 9.17) is 19.6 Å². The van der Waals surface area contributed by atoms with Crippen LogP contribution in [0.15, 0.2) is 18.2 Å².